The number of nitrogens with two attached hydrogens (primary N) is 2. The Bertz CT molecular complexity index is 619. The lowest BCUT2D eigenvalue weighted by molar-refractivity contribution is -0.136. The molecule has 4 aliphatic rings. The first-order valence-electron chi connectivity index (χ1n) is 8.29. The molecule has 0 aromatic heterocycles. The molecule has 8 heteroatoms. The Morgan fingerprint density at radius 3 is 1.42 bits per heavy atom. The molecule has 128 valence electrons. The summed E-state index contributed by atoms with van der Waals surface area (Å²) in [7, 11) is 0. The van der Waals surface area contributed by atoms with Gasteiger partial charge in [-0.1, -0.05) is 0 Å². The minimum absolute atomic E-state index is 0.0627. The van der Waals surface area contributed by atoms with Crippen LogP contribution in [-0.4, -0.2) is 57.6 Å². The summed E-state index contributed by atoms with van der Waals surface area (Å²) in [5.41, 5.74) is 10.7. The molecule has 0 aromatic carbocycles. The monoisotopic (exact) mass is 332 g/mol. The van der Waals surface area contributed by atoms with Gasteiger partial charge in [0.1, 0.15) is 12.1 Å². The maximum absolute atomic E-state index is 12.4. The normalized spacial score (nSPS) is 38.8. The van der Waals surface area contributed by atoms with Gasteiger partial charge in [-0.15, -0.1) is 0 Å². The fraction of sp³-hybridized carbons (Fsp3) is 0.625. The third-order valence-corrected chi connectivity index (χ3v) is 5.74. The molecule has 0 spiro atoms. The molecule has 0 aromatic rings. The van der Waals surface area contributed by atoms with E-state index in [0.29, 0.717) is 24.7 Å². The fourth-order valence-corrected chi connectivity index (χ4v) is 4.37. The smallest absolute Gasteiger partial charge is 0.247 e. The van der Waals surface area contributed by atoms with E-state index in [9.17, 15) is 19.2 Å². The highest BCUT2D eigenvalue weighted by molar-refractivity contribution is 6.00. The molecule has 24 heavy (non-hydrogen) atoms. The number of likely N-dealkylation sites (tertiary alicyclic amines) is 2. The summed E-state index contributed by atoms with van der Waals surface area (Å²) in [6, 6.07) is -1.04. The molecule has 4 rings (SSSR count). The van der Waals surface area contributed by atoms with Gasteiger partial charge in [0, 0.05) is 24.2 Å². The van der Waals surface area contributed by atoms with Gasteiger partial charge in [-0.2, -0.15) is 0 Å². The predicted octanol–water partition coefficient (Wildman–Crippen LogP) is -1.51. The van der Waals surface area contributed by atoms with E-state index in [0.717, 1.165) is 12.8 Å². The van der Waals surface area contributed by atoms with E-state index in [4.69, 9.17) is 11.5 Å². The van der Waals surface area contributed by atoms with Crippen molar-refractivity contribution in [1.29, 1.82) is 0 Å². The van der Waals surface area contributed by atoms with Gasteiger partial charge in [-0.05, 0) is 37.5 Å². The molecule has 6 atom stereocenters. The number of hydrogen-bond acceptors (Lipinski definition) is 4. The van der Waals surface area contributed by atoms with Crippen molar-refractivity contribution in [3.8, 4) is 0 Å². The molecule has 4 N–H and O–H groups in total. The molecule has 2 saturated heterocycles. The molecule has 0 bridgehead atoms. The first-order valence-corrected chi connectivity index (χ1v) is 8.29. The lowest BCUT2D eigenvalue weighted by atomic mass is 10.1. The molecule has 2 aliphatic carbocycles. The SMILES string of the molecule is NC(=O)[C@@H]1C[C@@H]2CC2N1C(=O)/C=C/C(=O)N1[C@H](C(N)=O)C[C@@H]2C[C@@H]21. The lowest BCUT2D eigenvalue weighted by Crippen LogP contribution is -2.46. The molecule has 2 saturated carbocycles. The van der Waals surface area contributed by atoms with E-state index in [1.54, 1.807) is 0 Å². The Kier molecular flexibility index (Phi) is 3.20. The highest BCUT2D eigenvalue weighted by atomic mass is 16.2. The number of amides is 4. The van der Waals surface area contributed by atoms with Crippen molar-refractivity contribution < 1.29 is 19.2 Å². The minimum atomic E-state index is -0.584. The number of hydrogen-bond donors (Lipinski definition) is 2. The van der Waals surface area contributed by atoms with Crippen LogP contribution in [0.1, 0.15) is 25.7 Å². The van der Waals surface area contributed by atoms with Crippen LogP contribution in [-0.2, 0) is 19.2 Å². The van der Waals surface area contributed by atoms with E-state index in [-0.39, 0.29) is 23.9 Å². The summed E-state index contributed by atoms with van der Waals surface area (Å²) < 4.78 is 0. The fourth-order valence-electron chi connectivity index (χ4n) is 4.37. The van der Waals surface area contributed by atoms with E-state index >= 15 is 0 Å². The second-order valence-electron chi connectivity index (χ2n) is 7.26. The second kappa shape index (κ2) is 5.06. The van der Waals surface area contributed by atoms with Crippen molar-refractivity contribution in [2.75, 3.05) is 0 Å². The van der Waals surface area contributed by atoms with Gasteiger partial charge in [0.15, 0.2) is 0 Å². The Labute approximate surface area is 138 Å². The number of carbonyl (C=O) groups is 4. The van der Waals surface area contributed by atoms with Gasteiger partial charge in [0.2, 0.25) is 23.6 Å². The molecular weight excluding hydrogens is 312 g/mol. The van der Waals surface area contributed by atoms with Crippen LogP contribution in [0.25, 0.3) is 0 Å². The predicted molar refractivity (Wildman–Crippen MR) is 81.8 cm³/mol. The highest BCUT2D eigenvalue weighted by Crippen LogP contribution is 2.48. The van der Waals surface area contributed by atoms with Crippen molar-refractivity contribution in [3.63, 3.8) is 0 Å². The largest absolute Gasteiger partial charge is 0.368 e. The molecule has 0 radical (unpaired) electrons. The Hall–Kier alpha value is -2.38. The zero-order chi connectivity index (χ0) is 17.2. The molecular formula is C16H20N4O4. The standard InChI is InChI=1S/C16H20N4O4/c17-15(23)11-5-7-3-9(7)19(11)13(21)1-2-14(22)20-10-4-8(10)6-12(20)16(18)24/h1-2,7-12H,3-6H2,(H2,17,23)(H2,18,24)/b2-1+/t7-,8-,9-,10?,11-,12-/m0/s1. The third kappa shape index (κ3) is 2.28. The summed E-state index contributed by atoms with van der Waals surface area (Å²) in [6.07, 6.45) is 5.35. The van der Waals surface area contributed by atoms with Crippen LogP contribution in [0, 0.1) is 11.8 Å². The number of rotatable bonds is 4. The van der Waals surface area contributed by atoms with Crippen LogP contribution < -0.4 is 11.5 Å². The summed E-state index contributed by atoms with van der Waals surface area (Å²) in [5.74, 6) is -1.08. The minimum Gasteiger partial charge on any atom is -0.368 e. The Morgan fingerprint density at radius 2 is 1.08 bits per heavy atom. The average Bonchev–Trinajstić information content (AvgIpc) is 3.40. The maximum Gasteiger partial charge on any atom is 0.247 e. The quantitative estimate of drug-likeness (QED) is 0.607. The number of carbonyl (C=O) groups excluding carboxylic acids is 4. The second-order valence-corrected chi connectivity index (χ2v) is 7.26. The van der Waals surface area contributed by atoms with Crippen molar-refractivity contribution in [3.05, 3.63) is 12.2 Å². The number of primary amides is 2. The molecule has 1 unspecified atom stereocenters. The van der Waals surface area contributed by atoms with E-state index in [1.807, 2.05) is 0 Å². The van der Waals surface area contributed by atoms with Crippen LogP contribution in [0.15, 0.2) is 12.2 Å². The molecule has 2 heterocycles. The van der Waals surface area contributed by atoms with Crippen molar-refractivity contribution >= 4 is 23.6 Å². The van der Waals surface area contributed by atoms with E-state index in [2.05, 4.69) is 0 Å². The number of nitrogens with zero attached hydrogens (tertiary/aromatic N) is 2. The summed E-state index contributed by atoms with van der Waals surface area (Å²) in [6.45, 7) is 0. The summed E-state index contributed by atoms with van der Waals surface area (Å²) in [5, 5.41) is 0. The van der Waals surface area contributed by atoms with Gasteiger partial charge >= 0.3 is 0 Å². The maximum atomic E-state index is 12.4. The van der Waals surface area contributed by atoms with E-state index < -0.39 is 23.9 Å². The topological polar surface area (TPSA) is 127 Å². The van der Waals surface area contributed by atoms with Crippen LogP contribution >= 0.6 is 0 Å². The molecule has 4 fully saturated rings. The lowest BCUT2D eigenvalue weighted by Gasteiger charge is -2.25. The van der Waals surface area contributed by atoms with Gasteiger partial charge in [-0.3, -0.25) is 19.2 Å². The average molecular weight is 332 g/mol. The van der Waals surface area contributed by atoms with E-state index in [1.165, 1.54) is 22.0 Å². The number of piperidine rings is 2. The first-order chi connectivity index (χ1) is 11.4. The summed E-state index contributed by atoms with van der Waals surface area (Å²) in [4.78, 5) is 50.7. The van der Waals surface area contributed by atoms with Crippen LogP contribution in [0.4, 0.5) is 0 Å². The molecule has 4 amide bonds. The zero-order valence-electron chi connectivity index (χ0n) is 13.1. The van der Waals surface area contributed by atoms with Crippen LogP contribution in [0.2, 0.25) is 0 Å². The van der Waals surface area contributed by atoms with Crippen molar-refractivity contribution in [1.82, 2.24) is 9.80 Å². The van der Waals surface area contributed by atoms with Crippen LogP contribution in [0.5, 0.6) is 0 Å². The highest BCUT2D eigenvalue weighted by Gasteiger charge is 2.56. The van der Waals surface area contributed by atoms with Gasteiger partial charge in [0.25, 0.3) is 0 Å². The first kappa shape index (κ1) is 15.2. The molecule has 2 aliphatic heterocycles. The van der Waals surface area contributed by atoms with Crippen molar-refractivity contribution in [2.24, 2.45) is 23.3 Å². The van der Waals surface area contributed by atoms with Gasteiger partial charge in [-0.25, -0.2) is 0 Å². The summed E-state index contributed by atoms with van der Waals surface area (Å²) >= 11 is 0. The van der Waals surface area contributed by atoms with Crippen LogP contribution in [0.3, 0.4) is 0 Å². The Balaban J connectivity index is 1.44. The van der Waals surface area contributed by atoms with Gasteiger partial charge in [0.05, 0.1) is 0 Å². The third-order valence-electron chi connectivity index (χ3n) is 5.74. The van der Waals surface area contributed by atoms with Gasteiger partial charge < -0.3 is 21.3 Å². The molecule has 8 nitrogen and oxygen atoms in total. The van der Waals surface area contributed by atoms with Crippen molar-refractivity contribution in [2.45, 2.75) is 49.9 Å². The Morgan fingerprint density at radius 1 is 0.708 bits per heavy atom. The zero-order valence-corrected chi connectivity index (χ0v) is 13.1. The number of fused-ring (bicyclic) bond motifs is 2.